The van der Waals surface area contributed by atoms with Gasteiger partial charge in [-0.15, -0.1) is 0 Å². The van der Waals surface area contributed by atoms with E-state index in [2.05, 4.69) is 0 Å². The fraction of sp³-hybridized carbons (Fsp3) is 0. The summed E-state index contributed by atoms with van der Waals surface area (Å²) in [4.78, 5) is 11.8. The molecule has 3 heteroatoms. The van der Waals surface area contributed by atoms with Gasteiger partial charge in [-0.25, -0.2) is 4.39 Å². The molecule has 0 fully saturated rings. The Morgan fingerprint density at radius 3 is 2.61 bits per heavy atom. The number of halogens is 2. The highest BCUT2D eigenvalue weighted by Crippen LogP contribution is 2.13. The van der Waals surface area contributed by atoms with Gasteiger partial charge in [0.15, 0.2) is 5.78 Å². The Hall–Kier alpha value is -1.93. The molecular weight excluding hydrogens is 251 g/mol. The minimum atomic E-state index is -0.516. The maximum Gasteiger partial charge on any atom is 0.188 e. The standard InChI is InChI=1S/C15H10ClFO/c16-12-5-3-4-11(10-12)8-9-15(18)13-6-1-2-7-14(13)17/h1-10H/b9-8+. The van der Waals surface area contributed by atoms with Crippen LogP contribution in [0.2, 0.25) is 5.02 Å². The number of carbonyl (C=O) groups is 1. The molecule has 0 aliphatic carbocycles. The molecule has 0 aliphatic heterocycles. The maximum atomic E-state index is 13.4. The first-order valence-corrected chi connectivity index (χ1v) is 5.77. The van der Waals surface area contributed by atoms with Crippen molar-refractivity contribution in [1.29, 1.82) is 0 Å². The van der Waals surface area contributed by atoms with E-state index in [0.29, 0.717) is 5.02 Å². The summed E-state index contributed by atoms with van der Waals surface area (Å²) in [5.41, 5.74) is 0.864. The van der Waals surface area contributed by atoms with E-state index in [9.17, 15) is 9.18 Å². The van der Waals surface area contributed by atoms with Crippen LogP contribution in [-0.2, 0) is 0 Å². The predicted octanol–water partition coefficient (Wildman–Crippen LogP) is 4.38. The number of carbonyl (C=O) groups excluding carboxylic acids is 1. The molecule has 0 amide bonds. The third-order valence-corrected chi connectivity index (χ3v) is 2.65. The van der Waals surface area contributed by atoms with Crippen LogP contribution >= 0.6 is 11.6 Å². The van der Waals surface area contributed by atoms with Crippen molar-refractivity contribution in [2.45, 2.75) is 0 Å². The van der Waals surface area contributed by atoms with Crippen molar-refractivity contribution >= 4 is 23.5 Å². The van der Waals surface area contributed by atoms with Crippen molar-refractivity contribution in [1.82, 2.24) is 0 Å². The van der Waals surface area contributed by atoms with Crippen LogP contribution in [-0.4, -0.2) is 5.78 Å². The number of benzene rings is 2. The van der Waals surface area contributed by atoms with Gasteiger partial charge in [-0.1, -0.05) is 41.9 Å². The summed E-state index contributed by atoms with van der Waals surface area (Å²) in [5.74, 6) is -0.883. The van der Waals surface area contributed by atoms with Gasteiger partial charge in [-0.05, 0) is 35.9 Å². The third kappa shape index (κ3) is 3.05. The minimum absolute atomic E-state index is 0.0655. The van der Waals surface area contributed by atoms with Gasteiger partial charge in [0.1, 0.15) is 5.82 Å². The topological polar surface area (TPSA) is 17.1 Å². The first kappa shape index (κ1) is 12.5. The van der Waals surface area contributed by atoms with E-state index in [1.165, 1.54) is 18.2 Å². The Labute approximate surface area is 110 Å². The van der Waals surface area contributed by atoms with Crippen LogP contribution in [0.1, 0.15) is 15.9 Å². The maximum absolute atomic E-state index is 13.4. The van der Waals surface area contributed by atoms with Crippen LogP contribution in [0.5, 0.6) is 0 Å². The lowest BCUT2D eigenvalue weighted by Gasteiger charge is -1.97. The summed E-state index contributed by atoms with van der Waals surface area (Å²) >= 11 is 5.82. The van der Waals surface area contributed by atoms with E-state index < -0.39 is 5.82 Å². The Balaban J connectivity index is 2.20. The lowest BCUT2D eigenvalue weighted by Crippen LogP contribution is -1.97. The molecule has 0 radical (unpaired) electrons. The second-order valence-electron chi connectivity index (χ2n) is 3.73. The van der Waals surface area contributed by atoms with Gasteiger partial charge in [-0.3, -0.25) is 4.79 Å². The molecular formula is C15H10ClFO. The molecule has 0 aliphatic rings. The first-order chi connectivity index (χ1) is 8.66. The van der Waals surface area contributed by atoms with E-state index in [0.717, 1.165) is 5.56 Å². The van der Waals surface area contributed by atoms with Crippen molar-refractivity contribution in [2.24, 2.45) is 0 Å². The van der Waals surface area contributed by atoms with E-state index >= 15 is 0 Å². The molecule has 0 N–H and O–H groups in total. The number of allylic oxidation sites excluding steroid dienone is 1. The summed E-state index contributed by atoms with van der Waals surface area (Å²) in [6.07, 6.45) is 2.95. The summed E-state index contributed by atoms with van der Waals surface area (Å²) < 4.78 is 13.4. The highest BCUT2D eigenvalue weighted by atomic mass is 35.5. The zero-order valence-electron chi connectivity index (χ0n) is 9.44. The molecule has 0 unspecified atom stereocenters. The van der Waals surface area contributed by atoms with Gasteiger partial charge >= 0.3 is 0 Å². The van der Waals surface area contributed by atoms with Crippen molar-refractivity contribution < 1.29 is 9.18 Å². The molecule has 1 nitrogen and oxygen atoms in total. The monoisotopic (exact) mass is 260 g/mol. The van der Waals surface area contributed by atoms with Crippen LogP contribution in [0.3, 0.4) is 0 Å². The largest absolute Gasteiger partial charge is 0.289 e. The molecule has 0 heterocycles. The third-order valence-electron chi connectivity index (χ3n) is 2.42. The zero-order chi connectivity index (χ0) is 13.0. The molecule has 90 valence electrons. The van der Waals surface area contributed by atoms with Gasteiger partial charge in [0.2, 0.25) is 0 Å². The molecule has 2 aromatic carbocycles. The zero-order valence-corrected chi connectivity index (χ0v) is 10.2. The number of rotatable bonds is 3. The van der Waals surface area contributed by atoms with Crippen LogP contribution in [0.25, 0.3) is 6.08 Å². The van der Waals surface area contributed by atoms with E-state index in [4.69, 9.17) is 11.6 Å². The molecule has 18 heavy (non-hydrogen) atoms. The van der Waals surface area contributed by atoms with Crippen LogP contribution in [0.15, 0.2) is 54.6 Å². The summed E-state index contributed by atoms with van der Waals surface area (Å²) in [6.45, 7) is 0. The van der Waals surface area contributed by atoms with Gasteiger partial charge in [0.25, 0.3) is 0 Å². The predicted molar refractivity (Wildman–Crippen MR) is 71.2 cm³/mol. The summed E-state index contributed by atoms with van der Waals surface area (Å²) in [5, 5.41) is 0.593. The van der Waals surface area contributed by atoms with Crippen LogP contribution in [0, 0.1) is 5.82 Å². The fourth-order valence-corrected chi connectivity index (χ4v) is 1.73. The smallest absolute Gasteiger partial charge is 0.188 e. The molecule has 0 spiro atoms. The van der Waals surface area contributed by atoms with Crippen molar-refractivity contribution in [3.05, 3.63) is 76.6 Å². The average Bonchev–Trinajstić information content (AvgIpc) is 2.37. The fourth-order valence-electron chi connectivity index (χ4n) is 1.53. The number of hydrogen-bond donors (Lipinski definition) is 0. The quantitative estimate of drug-likeness (QED) is 0.591. The lowest BCUT2D eigenvalue weighted by atomic mass is 10.1. The SMILES string of the molecule is O=C(/C=C/c1cccc(Cl)c1)c1ccccc1F. The van der Waals surface area contributed by atoms with Crippen molar-refractivity contribution in [2.75, 3.05) is 0 Å². The van der Waals surface area contributed by atoms with Crippen LogP contribution in [0.4, 0.5) is 4.39 Å². The summed E-state index contributed by atoms with van der Waals surface area (Å²) in [7, 11) is 0. The van der Waals surface area contributed by atoms with Gasteiger partial charge in [0.05, 0.1) is 5.56 Å². The molecule has 2 aromatic rings. The highest BCUT2D eigenvalue weighted by molar-refractivity contribution is 6.30. The van der Waals surface area contributed by atoms with Gasteiger partial charge in [0, 0.05) is 5.02 Å². The Morgan fingerprint density at radius 1 is 1.11 bits per heavy atom. The Morgan fingerprint density at radius 2 is 1.89 bits per heavy atom. The first-order valence-electron chi connectivity index (χ1n) is 5.39. The lowest BCUT2D eigenvalue weighted by molar-refractivity contribution is 0.104. The number of hydrogen-bond acceptors (Lipinski definition) is 1. The molecule has 0 bridgehead atoms. The molecule has 0 saturated carbocycles. The molecule has 2 rings (SSSR count). The minimum Gasteiger partial charge on any atom is -0.289 e. The molecule has 0 atom stereocenters. The molecule has 0 aromatic heterocycles. The Bertz CT molecular complexity index is 605. The van der Waals surface area contributed by atoms with Crippen molar-refractivity contribution in [3.63, 3.8) is 0 Å². The van der Waals surface area contributed by atoms with E-state index in [1.54, 1.807) is 36.4 Å². The summed E-state index contributed by atoms with van der Waals surface area (Å²) in [6, 6.07) is 13.0. The van der Waals surface area contributed by atoms with E-state index in [1.807, 2.05) is 6.07 Å². The van der Waals surface area contributed by atoms with Crippen LogP contribution < -0.4 is 0 Å². The van der Waals surface area contributed by atoms with E-state index in [-0.39, 0.29) is 11.3 Å². The normalized spacial score (nSPS) is 10.8. The highest BCUT2D eigenvalue weighted by Gasteiger charge is 2.06. The average molecular weight is 261 g/mol. The van der Waals surface area contributed by atoms with Crippen molar-refractivity contribution in [3.8, 4) is 0 Å². The molecule has 0 saturated heterocycles. The van der Waals surface area contributed by atoms with Gasteiger partial charge in [-0.2, -0.15) is 0 Å². The number of ketones is 1. The second kappa shape index (κ2) is 5.61. The second-order valence-corrected chi connectivity index (χ2v) is 4.17. The van der Waals surface area contributed by atoms with Gasteiger partial charge < -0.3 is 0 Å². The Kier molecular flexibility index (Phi) is 3.90.